The Kier molecular flexibility index (Phi) is 6.31. The van der Waals surface area contributed by atoms with Crippen molar-refractivity contribution in [3.8, 4) is 11.4 Å². The molecule has 0 aliphatic heterocycles. The number of likely N-dealkylation sites (N-methyl/N-ethyl adjacent to an activating group) is 1. The van der Waals surface area contributed by atoms with Crippen molar-refractivity contribution in [2.75, 3.05) is 13.3 Å². The predicted molar refractivity (Wildman–Crippen MR) is 108 cm³/mol. The van der Waals surface area contributed by atoms with Crippen LogP contribution in [-0.2, 0) is 21.4 Å². The first kappa shape index (κ1) is 21.0. The third-order valence-electron chi connectivity index (χ3n) is 4.23. The van der Waals surface area contributed by atoms with Crippen molar-refractivity contribution >= 4 is 27.5 Å². The number of aromatic nitrogens is 2. The van der Waals surface area contributed by atoms with E-state index in [0.29, 0.717) is 16.4 Å². The Bertz CT molecular complexity index is 1080. The minimum atomic E-state index is -3.60. The monoisotopic (exact) mass is 434 g/mol. The van der Waals surface area contributed by atoms with Crippen LogP contribution in [0.3, 0.4) is 0 Å². The number of halogens is 1. The number of carbonyl (C=O) groups excluding carboxylic acids is 1. The summed E-state index contributed by atoms with van der Waals surface area (Å²) in [6, 6.07) is 14.5. The van der Waals surface area contributed by atoms with Gasteiger partial charge in [-0.05, 0) is 29.8 Å². The molecule has 2 aromatic carbocycles. The lowest BCUT2D eigenvalue weighted by Crippen LogP contribution is -2.41. The third-order valence-corrected chi connectivity index (χ3v) is 5.74. The predicted octanol–water partition coefficient (Wildman–Crippen LogP) is 2.64. The van der Waals surface area contributed by atoms with Crippen molar-refractivity contribution in [2.24, 2.45) is 0 Å². The molecule has 8 nitrogen and oxygen atoms in total. The second-order valence-corrected chi connectivity index (χ2v) is 8.81. The molecule has 1 aromatic heterocycles. The van der Waals surface area contributed by atoms with E-state index in [1.807, 2.05) is 0 Å². The zero-order valence-corrected chi connectivity index (χ0v) is 17.3. The Hall–Kier alpha value is -2.75. The van der Waals surface area contributed by atoms with Gasteiger partial charge in [-0.15, -0.1) is 0 Å². The number of sulfonamides is 1. The van der Waals surface area contributed by atoms with Gasteiger partial charge < -0.3 is 9.84 Å². The molecule has 0 spiro atoms. The Morgan fingerprint density at radius 1 is 1.17 bits per heavy atom. The number of carbonyl (C=O) groups is 1. The van der Waals surface area contributed by atoms with Crippen molar-refractivity contribution in [3.05, 3.63) is 71.1 Å². The first-order chi connectivity index (χ1) is 13.8. The molecular weight excluding hydrogens is 416 g/mol. The molecule has 0 saturated carbocycles. The molecule has 1 amide bonds. The van der Waals surface area contributed by atoms with E-state index < -0.39 is 22.0 Å². The Morgan fingerprint density at radius 3 is 2.45 bits per heavy atom. The van der Waals surface area contributed by atoms with Crippen LogP contribution in [0.1, 0.15) is 17.5 Å². The average Bonchev–Trinajstić information content (AvgIpc) is 3.16. The number of hydrogen-bond donors (Lipinski definition) is 1. The van der Waals surface area contributed by atoms with E-state index in [4.69, 9.17) is 16.1 Å². The largest absolute Gasteiger partial charge is 0.345 e. The van der Waals surface area contributed by atoms with E-state index in [1.165, 1.54) is 7.05 Å². The summed E-state index contributed by atoms with van der Waals surface area (Å²) >= 11 is 5.87. The van der Waals surface area contributed by atoms with Crippen LogP contribution in [0.25, 0.3) is 11.4 Å². The molecule has 0 bridgehead atoms. The van der Waals surface area contributed by atoms with Crippen LogP contribution in [-0.4, -0.2) is 42.1 Å². The van der Waals surface area contributed by atoms with Gasteiger partial charge >= 0.3 is 0 Å². The number of amides is 1. The highest BCUT2D eigenvalue weighted by Gasteiger charge is 2.30. The van der Waals surface area contributed by atoms with Gasteiger partial charge in [0.15, 0.2) is 0 Å². The summed E-state index contributed by atoms with van der Waals surface area (Å²) in [6.45, 7) is -0.0413. The molecular formula is C19H19ClN4O4S. The summed E-state index contributed by atoms with van der Waals surface area (Å²) in [4.78, 5) is 17.0. The molecule has 0 fully saturated rings. The summed E-state index contributed by atoms with van der Waals surface area (Å²) in [5.41, 5.74) is 1.26. The molecule has 0 aliphatic rings. The van der Waals surface area contributed by atoms with Crippen molar-refractivity contribution in [3.63, 3.8) is 0 Å². The van der Waals surface area contributed by atoms with Gasteiger partial charge in [0.2, 0.25) is 27.6 Å². The number of rotatable bonds is 7. The van der Waals surface area contributed by atoms with E-state index in [1.54, 1.807) is 54.6 Å². The van der Waals surface area contributed by atoms with Crippen LogP contribution in [0.15, 0.2) is 59.1 Å². The molecule has 1 atom stereocenters. The van der Waals surface area contributed by atoms with Crippen LogP contribution < -0.4 is 5.32 Å². The quantitative estimate of drug-likeness (QED) is 0.612. The smallest absolute Gasteiger partial charge is 0.246 e. The second kappa shape index (κ2) is 8.73. The minimum absolute atomic E-state index is 0.0413. The highest BCUT2D eigenvalue weighted by atomic mass is 35.5. The molecule has 1 N–H and O–H groups in total. The van der Waals surface area contributed by atoms with Gasteiger partial charge in [-0.1, -0.05) is 47.1 Å². The molecule has 10 heteroatoms. The van der Waals surface area contributed by atoms with Gasteiger partial charge in [-0.25, -0.2) is 8.42 Å². The number of nitrogens with zero attached hydrogens (tertiary/aromatic N) is 3. The molecule has 29 heavy (non-hydrogen) atoms. The van der Waals surface area contributed by atoms with E-state index >= 15 is 0 Å². The van der Waals surface area contributed by atoms with Crippen LogP contribution in [0, 0.1) is 0 Å². The average molecular weight is 435 g/mol. The SMILES string of the molecule is CN([C@H](C(=O)NCc1nc(-c2ccc(Cl)cc2)no1)c1ccccc1)S(C)(=O)=O. The van der Waals surface area contributed by atoms with Gasteiger partial charge in [0.1, 0.15) is 6.04 Å². The highest BCUT2D eigenvalue weighted by Crippen LogP contribution is 2.22. The lowest BCUT2D eigenvalue weighted by atomic mass is 10.1. The van der Waals surface area contributed by atoms with Crippen LogP contribution in [0.2, 0.25) is 5.02 Å². The fraction of sp³-hybridized carbons (Fsp3) is 0.211. The molecule has 152 valence electrons. The van der Waals surface area contributed by atoms with Crippen molar-refractivity contribution in [1.29, 1.82) is 0 Å². The van der Waals surface area contributed by atoms with Gasteiger partial charge in [0.05, 0.1) is 12.8 Å². The molecule has 0 aliphatic carbocycles. The molecule has 3 aromatic rings. The van der Waals surface area contributed by atoms with Crippen LogP contribution in [0.4, 0.5) is 0 Å². The maximum atomic E-state index is 12.8. The summed E-state index contributed by atoms with van der Waals surface area (Å²) in [7, 11) is -2.24. The lowest BCUT2D eigenvalue weighted by molar-refractivity contribution is -0.125. The number of hydrogen-bond acceptors (Lipinski definition) is 6. The molecule has 0 saturated heterocycles. The molecule has 0 unspecified atom stereocenters. The summed E-state index contributed by atoms with van der Waals surface area (Å²) in [6.07, 6.45) is 1.05. The van der Waals surface area contributed by atoms with Crippen LogP contribution in [0.5, 0.6) is 0 Å². The van der Waals surface area contributed by atoms with Gasteiger partial charge in [0.25, 0.3) is 0 Å². The van der Waals surface area contributed by atoms with E-state index in [2.05, 4.69) is 15.5 Å². The van der Waals surface area contributed by atoms with Gasteiger partial charge in [-0.2, -0.15) is 9.29 Å². The first-order valence-corrected chi connectivity index (χ1v) is 10.8. The fourth-order valence-corrected chi connectivity index (χ4v) is 3.38. The van der Waals surface area contributed by atoms with E-state index in [0.717, 1.165) is 16.1 Å². The van der Waals surface area contributed by atoms with Gasteiger partial charge in [-0.3, -0.25) is 4.79 Å². The Labute approximate surface area is 173 Å². The minimum Gasteiger partial charge on any atom is -0.345 e. The van der Waals surface area contributed by atoms with Crippen molar-refractivity contribution in [1.82, 2.24) is 19.8 Å². The zero-order valence-electron chi connectivity index (χ0n) is 15.7. The summed E-state index contributed by atoms with van der Waals surface area (Å²) < 4.78 is 30.2. The van der Waals surface area contributed by atoms with Gasteiger partial charge in [0, 0.05) is 17.6 Å². The number of benzene rings is 2. The Balaban J connectivity index is 1.74. The lowest BCUT2D eigenvalue weighted by Gasteiger charge is -2.25. The van der Waals surface area contributed by atoms with Crippen molar-refractivity contribution in [2.45, 2.75) is 12.6 Å². The topological polar surface area (TPSA) is 105 Å². The fourth-order valence-electron chi connectivity index (χ4n) is 2.66. The maximum absolute atomic E-state index is 12.8. The Morgan fingerprint density at radius 2 is 1.83 bits per heavy atom. The normalized spacial score (nSPS) is 12.7. The first-order valence-electron chi connectivity index (χ1n) is 8.60. The molecule has 1 heterocycles. The van der Waals surface area contributed by atoms with Crippen molar-refractivity contribution < 1.29 is 17.7 Å². The summed E-state index contributed by atoms with van der Waals surface area (Å²) in [5.74, 6) is 0.0475. The second-order valence-electron chi connectivity index (χ2n) is 6.33. The maximum Gasteiger partial charge on any atom is 0.246 e. The van der Waals surface area contributed by atoms with E-state index in [-0.39, 0.29) is 12.4 Å². The molecule has 0 radical (unpaired) electrons. The third kappa shape index (κ3) is 5.20. The number of nitrogens with one attached hydrogen (secondary N) is 1. The zero-order chi connectivity index (χ0) is 21.0. The standard InChI is InChI=1S/C19H19ClN4O4S/c1-24(29(2,26)27)17(13-6-4-3-5-7-13)19(25)21-12-16-22-18(23-28-16)14-8-10-15(20)11-9-14/h3-11,17H,12H2,1-2H3,(H,21,25)/t17-/m0/s1. The van der Waals surface area contributed by atoms with Crippen LogP contribution >= 0.6 is 11.6 Å². The highest BCUT2D eigenvalue weighted by molar-refractivity contribution is 7.88. The molecule has 3 rings (SSSR count). The van der Waals surface area contributed by atoms with E-state index in [9.17, 15) is 13.2 Å². The summed E-state index contributed by atoms with van der Waals surface area (Å²) in [5, 5.41) is 7.14.